The number of methoxy groups -OCH3 is 1. The summed E-state index contributed by atoms with van der Waals surface area (Å²) in [7, 11) is -0.103. The lowest BCUT2D eigenvalue weighted by molar-refractivity contribution is -0.139. The molecule has 0 fully saturated rings. The quantitative estimate of drug-likeness (QED) is 0.481. The minimum absolute atomic E-state index is 0.00369. The van der Waals surface area contributed by atoms with Gasteiger partial charge >= 0.3 is 0 Å². The van der Waals surface area contributed by atoms with E-state index in [2.05, 4.69) is 10.5 Å². The topological polar surface area (TPSA) is 105 Å². The Morgan fingerprint density at radius 1 is 1.16 bits per heavy atom. The van der Waals surface area contributed by atoms with Gasteiger partial charge in [-0.25, -0.2) is 18.8 Å². The van der Waals surface area contributed by atoms with Crippen LogP contribution in [0.3, 0.4) is 0 Å². The second-order valence-corrected chi connectivity index (χ2v) is 13.7. The highest BCUT2D eigenvalue weighted by Gasteiger charge is 2.36. The fourth-order valence-corrected chi connectivity index (χ4v) is 5.86. The van der Waals surface area contributed by atoms with Gasteiger partial charge in [-0.1, -0.05) is 18.2 Å². The van der Waals surface area contributed by atoms with Crippen LogP contribution in [0.5, 0.6) is 0 Å². The molecule has 0 spiro atoms. The highest BCUT2D eigenvalue weighted by atomic mass is 32.3. The SMILES string of the molecule is COCc1ccc2c(c1)CCN(C(=O)Cc1cc(=O)[nH]o1)[C@H]2C(=O)Nc1cc(F)c(S(C)(C)C)c(F)c1. The van der Waals surface area contributed by atoms with Gasteiger partial charge in [-0.15, -0.1) is 0 Å². The first-order valence-electron chi connectivity index (χ1n) is 11.5. The number of amides is 2. The number of hydrogen-bond acceptors (Lipinski definition) is 5. The van der Waals surface area contributed by atoms with Gasteiger partial charge in [0.2, 0.25) is 5.91 Å². The number of hydrogen-bond donors (Lipinski definition) is 2. The summed E-state index contributed by atoms with van der Waals surface area (Å²) >= 11 is 0. The second kappa shape index (κ2) is 10.5. The lowest BCUT2D eigenvalue weighted by Gasteiger charge is -2.36. The molecule has 2 N–H and O–H groups in total. The van der Waals surface area contributed by atoms with Crippen molar-refractivity contribution in [3.05, 3.63) is 80.8 Å². The molecule has 1 atom stereocenters. The molecule has 3 aromatic rings. The molecule has 0 saturated carbocycles. The first-order chi connectivity index (χ1) is 17.5. The predicted molar refractivity (Wildman–Crippen MR) is 137 cm³/mol. The second-order valence-electron chi connectivity index (χ2n) is 9.66. The van der Waals surface area contributed by atoms with Crippen molar-refractivity contribution in [3.63, 3.8) is 0 Å². The van der Waals surface area contributed by atoms with Crippen molar-refractivity contribution in [2.75, 3.05) is 37.7 Å². The minimum atomic E-state index is -1.69. The van der Waals surface area contributed by atoms with Gasteiger partial charge in [-0.05, 0) is 54.0 Å². The van der Waals surface area contributed by atoms with Gasteiger partial charge in [0.15, 0.2) is 0 Å². The summed E-state index contributed by atoms with van der Waals surface area (Å²) in [6.45, 7) is 0.615. The average Bonchev–Trinajstić information content (AvgIpc) is 3.21. The van der Waals surface area contributed by atoms with Crippen molar-refractivity contribution in [1.29, 1.82) is 0 Å². The van der Waals surface area contributed by atoms with Crippen molar-refractivity contribution in [2.24, 2.45) is 0 Å². The minimum Gasteiger partial charge on any atom is -0.383 e. The standard InChI is InChI=1S/C26H29F2N3O5S/c1-35-14-15-5-6-19-16(9-15)7-8-31(23(33)13-18-12-22(32)30-36-18)24(19)26(34)29-17-10-20(27)25(21(28)11-17)37(2,3)4/h5-6,9-12,24H,7-8,13-14H2,1-4H3,(H,29,34)(H,30,32)/t24-/m1/s1. The number of carbonyl (C=O) groups excluding carboxylic acids is 2. The van der Waals surface area contributed by atoms with Crippen LogP contribution in [0, 0.1) is 11.6 Å². The number of nitrogens with zero attached hydrogens (tertiary/aromatic N) is 1. The molecular formula is C26H29F2N3O5S. The molecule has 1 aromatic heterocycles. The maximum absolute atomic E-state index is 14.8. The molecule has 0 unspecified atom stereocenters. The van der Waals surface area contributed by atoms with Gasteiger partial charge in [-0.2, -0.15) is 5.16 Å². The summed E-state index contributed by atoms with van der Waals surface area (Å²) in [5.74, 6) is -2.37. The van der Waals surface area contributed by atoms with Gasteiger partial charge in [0.25, 0.3) is 11.5 Å². The van der Waals surface area contributed by atoms with Crippen LogP contribution in [0.1, 0.15) is 28.5 Å². The van der Waals surface area contributed by atoms with Gasteiger partial charge in [0.1, 0.15) is 23.4 Å². The van der Waals surface area contributed by atoms with Crippen LogP contribution < -0.4 is 10.9 Å². The normalized spacial score (nSPS) is 15.8. The highest BCUT2D eigenvalue weighted by molar-refractivity contribution is 8.32. The largest absolute Gasteiger partial charge is 0.383 e. The van der Waals surface area contributed by atoms with Gasteiger partial charge < -0.3 is 19.5 Å². The Kier molecular flexibility index (Phi) is 7.56. The third-order valence-electron chi connectivity index (χ3n) is 6.09. The molecule has 11 heteroatoms. The van der Waals surface area contributed by atoms with E-state index in [1.807, 2.05) is 12.1 Å². The monoisotopic (exact) mass is 533 g/mol. The number of H-pyrrole nitrogens is 1. The van der Waals surface area contributed by atoms with Gasteiger partial charge in [0, 0.05) is 25.4 Å². The van der Waals surface area contributed by atoms with E-state index in [-0.39, 0.29) is 29.3 Å². The predicted octanol–water partition coefficient (Wildman–Crippen LogP) is 3.75. The van der Waals surface area contributed by atoms with Crippen LogP contribution in [0.25, 0.3) is 0 Å². The molecule has 37 heavy (non-hydrogen) atoms. The van der Waals surface area contributed by atoms with Crippen LogP contribution in [0.2, 0.25) is 0 Å². The molecule has 198 valence electrons. The van der Waals surface area contributed by atoms with Crippen molar-refractivity contribution in [2.45, 2.75) is 30.4 Å². The summed E-state index contributed by atoms with van der Waals surface area (Å²) in [6.07, 6.45) is 5.59. The smallest absolute Gasteiger partial charge is 0.280 e. The lowest BCUT2D eigenvalue weighted by atomic mass is 9.90. The zero-order valence-corrected chi connectivity index (χ0v) is 21.8. The lowest BCUT2D eigenvalue weighted by Crippen LogP contribution is -2.46. The van der Waals surface area contributed by atoms with E-state index >= 15 is 0 Å². The number of ether oxygens (including phenoxy) is 1. The number of halogens is 2. The van der Waals surface area contributed by atoms with Gasteiger partial charge in [0.05, 0.1) is 17.9 Å². The number of nitrogens with one attached hydrogen (secondary N) is 2. The van der Waals surface area contributed by atoms with Crippen molar-refractivity contribution < 1.29 is 27.6 Å². The zero-order valence-electron chi connectivity index (χ0n) is 21.0. The summed E-state index contributed by atoms with van der Waals surface area (Å²) in [5.41, 5.74) is 1.87. The first kappa shape index (κ1) is 26.6. The Morgan fingerprint density at radius 3 is 2.46 bits per heavy atom. The van der Waals surface area contributed by atoms with E-state index in [1.54, 1.807) is 31.9 Å². The number of aromatic amines is 1. The van der Waals surface area contributed by atoms with E-state index in [1.165, 1.54) is 11.0 Å². The van der Waals surface area contributed by atoms with Crippen LogP contribution in [0.15, 0.2) is 50.6 Å². The highest BCUT2D eigenvalue weighted by Crippen LogP contribution is 2.48. The van der Waals surface area contributed by atoms with Crippen molar-refractivity contribution in [3.8, 4) is 0 Å². The Labute approximate surface area is 214 Å². The summed E-state index contributed by atoms with van der Waals surface area (Å²) < 4.78 is 39.9. The number of benzene rings is 2. The molecule has 0 radical (unpaired) electrons. The molecule has 4 rings (SSSR count). The average molecular weight is 534 g/mol. The molecule has 8 nitrogen and oxygen atoms in total. The first-order valence-corrected chi connectivity index (χ1v) is 14.4. The summed E-state index contributed by atoms with van der Waals surface area (Å²) in [5, 5.41) is 4.74. The molecule has 2 aromatic carbocycles. The molecular weight excluding hydrogens is 504 g/mol. The molecule has 0 saturated heterocycles. The van der Waals surface area contributed by atoms with Crippen molar-refractivity contribution in [1.82, 2.24) is 10.1 Å². The zero-order chi connectivity index (χ0) is 26.9. The summed E-state index contributed by atoms with van der Waals surface area (Å²) in [4.78, 5) is 39.6. The third-order valence-corrected chi connectivity index (χ3v) is 7.71. The van der Waals surface area contributed by atoms with Gasteiger partial charge in [-0.3, -0.25) is 14.4 Å². The van der Waals surface area contributed by atoms with E-state index in [0.29, 0.717) is 18.6 Å². The maximum atomic E-state index is 14.8. The number of rotatable bonds is 7. The number of aromatic nitrogens is 1. The van der Waals surface area contributed by atoms with Crippen molar-refractivity contribution >= 4 is 27.5 Å². The maximum Gasteiger partial charge on any atom is 0.280 e. The fraction of sp³-hybridized carbons (Fsp3) is 0.346. The molecule has 1 aliphatic rings. The van der Waals surface area contributed by atoms with Crippen LogP contribution in [-0.2, 0) is 33.8 Å². The molecule has 2 heterocycles. The van der Waals surface area contributed by atoms with E-state index in [0.717, 1.165) is 23.3 Å². The molecule has 1 aliphatic heterocycles. The molecule has 2 amide bonds. The van der Waals surface area contributed by atoms with Crippen LogP contribution in [0.4, 0.5) is 14.5 Å². The third kappa shape index (κ3) is 5.78. The number of carbonyl (C=O) groups is 2. The Morgan fingerprint density at radius 2 is 1.86 bits per heavy atom. The Hall–Kier alpha value is -3.44. The Balaban J connectivity index is 1.68. The number of anilines is 1. The van der Waals surface area contributed by atoms with E-state index in [4.69, 9.17) is 9.26 Å². The summed E-state index contributed by atoms with van der Waals surface area (Å²) in [6, 6.07) is 7.80. The van der Waals surface area contributed by atoms with Crippen LogP contribution >= 0.6 is 10.0 Å². The molecule has 0 bridgehead atoms. The fourth-order valence-electron chi connectivity index (χ4n) is 4.57. The van der Waals surface area contributed by atoms with Crippen LogP contribution in [-0.4, -0.2) is 54.3 Å². The molecule has 0 aliphatic carbocycles. The van der Waals surface area contributed by atoms with E-state index in [9.17, 15) is 23.2 Å². The Bertz CT molecular complexity index is 1370. The number of fused-ring (bicyclic) bond motifs is 1. The van der Waals surface area contributed by atoms with E-state index < -0.39 is 45.1 Å².